The number of nitrogens with two attached hydrogens (primary N) is 1. The Morgan fingerprint density at radius 2 is 2.10 bits per heavy atom. The summed E-state index contributed by atoms with van der Waals surface area (Å²) in [6.45, 7) is 0.514. The number of hydrogen-bond acceptors (Lipinski definition) is 3. The van der Waals surface area contributed by atoms with Crippen molar-refractivity contribution in [2.24, 2.45) is 12.8 Å². The predicted molar refractivity (Wildman–Crippen MR) is 77.4 cm³/mol. The summed E-state index contributed by atoms with van der Waals surface area (Å²) in [7, 11) is 1.81. The molecule has 5 heteroatoms. The molecule has 0 atom stereocenters. The molecule has 0 unspecified atom stereocenters. The second-order valence-corrected chi connectivity index (χ2v) is 5.18. The summed E-state index contributed by atoms with van der Waals surface area (Å²) in [5.41, 5.74) is 8.23. The van der Waals surface area contributed by atoms with E-state index in [1.54, 1.807) is 17.1 Å². The lowest BCUT2D eigenvalue weighted by atomic mass is 10.1. The molecule has 0 bridgehead atoms. The highest BCUT2D eigenvalue weighted by Gasteiger charge is 2.34. The van der Waals surface area contributed by atoms with E-state index in [1.807, 2.05) is 36.2 Å². The third kappa shape index (κ3) is 2.44. The molecular formula is C15H18N4O. The molecule has 2 aromatic rings. The maximum absolute atomic E-state index is 12.6. The molecule has 1 aliphatic carbocycles. The van der Waals surface area contributed by atoms with Crippen molar-refractivity contribution < 1.29 is 4.79 Å². The number of anilines is 1. The zero-order valence-corrected chi connectivity index (χ0v) is 11.5. The molecule has 20 heavy (non-hydrogen) atoms. The van der Waals surface area contributed by atoms with Crippen LogP contribution in [0.1, 0.15) is 28.8 Å². The van der Waals surface area contributed by atoms with Crippen molar-refractivity contribution in [3.05, 3.63) is 47.8 Å². The highest BCUT2D eigenvalue weighted by atomic mass is 16.2. The third-order valence-corrected chi connectivity index (χ3v) is 3.53. The van der Waals surface area contributed by atoms with Gasteiger partial charge in [-0.15, -0.1) is 0 Å². The van der Waals surface area contributed by atoms with Crippen LogP contribution < -0.4 is 10.6 Å². The first kappa shape index (κ1) is 12.9. The molecule has 1 amide bonds. The van der Waals surface area contributed by atoms with E-state index < -0.39 is 0 Å². The van der Waals surface area contributed by atoms with Crippen LogP contribution in [0.25, 0.3) is 0 Å². The van der Waals surface area contributed by atoms with Crippen LogP contribution in [-0.4, -0.2) is 21.7 Å². The fourth-order valence-electron chi connectivity index (χ4n) is 2.29. The number of amides is 1. The number of carbonyl (C=O) groups excluding carboxylic acids is 1. The van der Waals surface area contributed by atoms with Crippen molar-refractivity contribution >= 4 is 11.6 Å². The smallest absolute Gasteiger partial charge is 0.261 e. The fraction of sp³-hybridized carbons (Fsp3) is 0.333. The number of carbonyl (C=O) groups is 1. The van der Waals surface area contributed by atoms with Gasteiger partial charge in [-0.25, -0.2) is 0 Å². The first-order valence-electron chi connectivity index (χ1n) is 6.80. The van der Waals surface area contributed by atoms with Crippen LogP contribution in [0.3, 0.4) is 0 Å². The van der Waals surface area contributed by atoms with Crippen LogP contribution in [0.2, 0.25) is 0 Å². The van der Waals surface area contributed by atoms with Crippen LogP contribution >= 0.6 is 0 Å². The standard InChI is InChI=1S/C15H18N4O/c1-18-10-12(9-17-18)15(20)19(14-6-7-14)13-4-2-11(8-16)3-5-13/h2-5,9-10,14H,6-8,16H2,1H3. The Morgan fingerprint density at radius 1 is 1.40 bits per heavy atom. The molecule has 1 aliphatic rings. The minimum absolute atomic E-state index is 0.0149. The number of aromatic nitrogens is 2. The number of nitrogens with zero attached hydrogens (tertiary/aromatic N) is 3. The third-order valence-electron chi connectivity index (χ3n) is 3.53. The zero-order chi connectivity index (χ0) is 14.1. The maximum Gasteiger partial charge on any atom is 0.261 e. The molecule has 1 saturated carbocycles. The molecule has 0 radical (unpaired) electrons. The van der Waals surface area contributed by atoms with Crippen molar-refractivity contribution in [3.63, 3.8) is 0 Å². The molecule has 3 rings (SSSR count). The molecular weight excluding hydrogens is 252 g/mol. The van der Waals surface area contributed by atoms with Gasteiger partial charge in [-0.2, -0.15) is 5.10 Å². The van der Waals surface area contributed by atoms with E-state index in [0.29, 0.717) is 18.2 Å². The molecule has 2 N–H and O–H groups in total. The predicted octanol–water partition coefficient (Wildman–Crippen LogP) is 1.69. The van der Waals surface area contributed by atoms with Gasteiger partial charge < -0.3 is 10.6 Å². The lowest BCUT2D eigenvalue weighted by Crippen LogP contribution is -2.32. The van der Waals surface area contributed by atoms with Gasteiger partial charge in [0.25, 0.3) is 5.91 Å². The van der Waals surface area contributed by atoms with E-state index in [2.05, 4.69) is 5.10 Å². The SMILES string of the molecule is Cn1cc(C(=O)N(c2ccc(CN)cc2)C2CC2)cn1. The molecule has 0 spiro atoms. The maximum atomic E-state index is 12.6. The second-order valence-electron chi connectivity index (χ2n) is 5.18. The van der Waals surface area contributed by atoms with Crippen LogP contribution in [-0.2, 0) is 13.6 Å². The van der Waals surface area contributed by atoms with Crippen LogP contribution in [0.5, 0.6) is 0 Å². The van der Waals surface area contributed by atoms with Crippen molar-refractivity contribution in [1.29, 1.82) is 0 Å². The van der Waals surface area contributed by atoms with Gasteiger partial charge in [0.1, 0.15) is 0 Å². The lowest BCUT2D eigenvalue weighted by Gasteiger charge is -2.22. The van der Waals surface area contributed by atoms with Gasteiger partial charge in [0.2, 0.25) is 0 Å². The summed E-state index contributed by atoms with van der Waals surface area (Å²) in [4.78, 5) is 14.5. The van der Waals surface area contributed by atoms with Crippen molar-refractivity contribution in [1.82, 2.24) is 9.78 Å². The summed E-state index contributed by atoms with van der Waals surface area (Å²) in [5.74, 6) is 0.0149. The quantitative estimate of drug-likeness (QED) is 0.919. The molecule has 104 valence electrons. The Morgan fingerprint density at radius 3 is 2.60 bits per heavy atom. The van der Waals surface area contributed by atoms with Crippen molar-refractivity contribution in [2.75, 3.05) is 4.90 Å². The Hall–Kier alpha value is -2.14. The Bertz CT molecular complexity index is 613. The summed E-state index contributed by atoms with van der Waals surface area (Å²) in [5, 5.41) is 4.07. The zero-order valence-electron chi connectivity index (χ0n) is 11.5. The van der Waals surface area contributed by atoms with E-state index in [1.165, 1.54) is 0 Å². The van der Waals surface area contributed by atoms with Gasteiger partial charge in [0, 0.05) is 31.5 Å². The van der Waals surface area contributed by atoms with E-state index in [-0.39, 0.29) is 5.91 Å². The summed E-state index contributed by atoms with van der Waals surface area (Å²) in [6, 6.07) is 8.19. The molecule has 1 aromatic carbocycles. The molecule has 0 saturated heterocycles. The molecule has 0 aliphatic heterocycles. The van der Waals surface area contributed by atoms with E-state index in [0.717, 1.165) is 24.1 Å². The average Bonchev–Trinajstić information content (AvgIpc) is 3.20. The van der Waals surface area contributed by atoms with Gasteiger partial charge in [-0.3, -0.25) is 9.48 Å². The molecule has 1 aromatic heterocycles. The highest BCUT2D eigenvalue weighted by Crippen LogP contribution is 2.33. The average molecular weight is 270 g/mol. The minimum Gasteiger partial charge on any atom is -0.326 e. The second kappa shape index (κ2) is 5.09. The van der Waals surface area contributed by atoms with Gasteiger partial charge >= 0.3 is 0 Å². The van der Waals surface area contributed by atoms with Crippen LogP contribution in [0, 0.1) is 0 Å². The first-order chi connectivity index (χ1) is 9.69. The van der Waals surface area contributed by atoms with Gasteiger partial charge in [0.05, 0.1) is 11.8 Å². The normalized spacial score (nSPS) is 14.3. The van der Waals surface area contributed by atoms with E-state index in [9.17, 15) is 4.79 Å². The number of benzene rings is 1. The summed E-state index contributed by atoms with van der Waals surface area (Å²) < 4.78 is 1.65. The first-order valence-corrected chi connectivity index (χ1v) is 6.80. The van der Waals surface area contributed by atoms with Crippen LogP contribution in [0.4, 0.5) is 5.69 Å². The monoisotopic (exact) mass is 270 g/mol. The Labute approximate surface area is 118 Å². The van der Waals surface area contributed by atoms with E-state index >= 15 is 0 Å². The molecule has 1 heterocycles. The lowest BCUT2D eigenvalue weighted by molar-refractivity contribution is 0.0985. The van der Waals surface area contributed by atoms with Gasteiger partial charge in [-0.05, 0) is 30.5 Å². The van der Waals surface area contributed by atoms with Crippen molar-refractivity contribution in [2.45, 2.75) is 25.4 Å². The molecule has 5 nitrogen and oxygen atoms in total. The fourth-order valence-corrected chi connectivity index (χ4v) is 2.29. The van der Waals surface area contributed by atoms with Gasteiger partial charge in [0.15, 0.2) is 0 Å². The Kier molecular flexibility index (Phi) is 3.28. The van der Waals surface area contributed by atoms with Gasteiger partial charge in [-0.1, -0.05) is 12.1 Å². The topological polar surface area (TPSA) is 64.2 Å². The highest BCUT2D eigenvalue weighted by molar-refractivity contribution is 6.06. The number of aryl methyl sites for hydroxylation is 1. The summed E-state index contributed by atoms with van der Waals surface area (Å²) >= 11 is 0. The summed E-state index contributed by atoms with van der Waals surface area (Å²) in [6.07, 6.45) is 5.49. The number of hydrogen-bond donors (Lipinski definition) is 1. The largest absolute Gasteiger partial charge is 0.326 e. The Balaban J connectivity index is 1.90. The van der Waals surface area contributed by atoms with Crippen molar-refractivity contribution in [3.8, 4) is 0 Å². The van der Waals surface area contributed by atoms with Crippen LogP contribution in [0.15, 0.2) is 36.7 Å². The number of rotatable bonds is 4. The molecule has 1 fully saturated rings. The minimum atomic E-state index is 0.0149. The van der Waals surface area contributed by atoms with E-state index in [4.69, 9.17) is 5.73 Å².